The molecule has 0 aliphatic carbocycles. The number of fused-ring (bicyclic) bond motifs is 1. The summed E-state index contributed by atoms with van der Waals surface area (Å²) >= 11 is 0. The number of Topliss-reactive ketones (excluding diaryl/α,β-unsaturated/α-hetero) is 1. The predicted octanol–water partition coefficient (Wildman–Crippen LogP) is 6.01. The number of hydrogen-bond donors (Lipinski definition) is 0. The number of anilines is 1. The van der Waals surface area contributed by atoms with E-state index in [1.54, 1.807) is 12.1 Å². The van der Waals surface area contributed by atoms with Crippen LogP contribution in [0.5, 0.6) is 0 Å². The van der Waals surface area contributed by atoms with Crippen molar-refractivity contribution in [1.29, 1.82) is 0 Å². The second-order valence-corrected chi connectivity index (χ2v) is 10.2. The molecule has 4 aromatic rings. The van der Waals surface area contributed by atoms with E-state index < -0.39 is 30.4 Å². The number of carbonyl (C=O) groups excluding carboxylic acids is 5. The lowest BCUT2D eigenvalue weighted by atomic mass is 10.0. The fourth-order valence-electron chi connectivity index (χ4n) is 4.45. The Bertz CT molecular complexity index is 1670. The van der Waals surface area contributed by atoms with Crippen molar-refractivity contribution in [2.24, 2.45) is 5.92 Å². The first kappa shape index (κ1) is 28.2. The molecule has 0 atom stereocenters. The van der Waals surface area contributed by atoms with Crippen LogP contribution in [0.15, 0.2) is 97.1 Å². The van der Waals surface area contributed by atoms with Gasteiger partial charge in [-0.05, 0) is 59.5 Å². The van der Waals surface area contributed by atoms with Crippen molar-refractivity contribution in [1.82, 2.24) is 0 Å². The van der Waals surface area contributed by atoms with Crippen molar-refractivity contribution in [3.8, 4) is 11.1 Å². The van der Waals surface area contributed by atoms with Crippen molar-refractivity contribution in [2.45, 2.75) is 13.8 Å². The third-order valence-electron chi connectivity index (χ3n) is 6.68. The number of benzene rings is 4. The largest absolute Gasteiger partial charge is 0.462 e. The molecule has 42 heavy (non-hydrogen) atoms. The second kappa shape index (κ2) is 12.0. The normalized spacial score (nSPS) is 12.3. The fraction of sp³-hybridized carbons (Fsp3) is 0.147. The lowest BCUT2D eigenvalue weighted by Crippen LogP contribution is -2.29. The Morgan fingerprint density at radius 2 is 1.21 bits per heavy atom. The number of carbonyl (C=O) groups is 5. The maximum Gasteiger partial charge on any atom is 0.338 e. The second-order valence-electron chi connectivity index (χ2n) is 10.2. The Hall–Kier alpha value is -5.37. The van der Waals surface area contributed by atoms with Gasteiger partial charge in [0.05, 0.1) is 34.5 Å². The fourth-order valence-corrected chi connectivity index (χ4v) is 4.45. The predicted molar refractivity (Wildman–Crippen MR) is 156 cm³/mol. The Morgan fingerprint density at radius 3 is 1.88 bits per heavy atom. The quantitative estimate of drug-likeness (QED) is 0.140. The van der Waals surface area contributed by atoms with Crippen molar-refractivity contribution in [2.75, 3.05) is 18.1 Å². The summed E-state index contributed by atoms with van der Waals surface area (Å²) in [6.45, 7) is 3.65. The van der Waals surface area contributed by atoms with Crippen LogP contribution in [0.3, 0.4) is 0 Å². The van der Waals surface area contributed by atoms with Crippen LogP contribution in [0.2, 0.25) is 0 Å². The summed E-state index contributed by atoms with van der Waals surface area (Å²) in [6, 6.07) is 26.7. The van der Waals surface area contributed by atoms with Crippen LogP contribution < -0.4 is 4.90 Å². The van der Waals surface area contributed by atoms with Gasteiger partial charge in [-0.1, -0.05) is 68.4 Å². The van der Waals surface area contributed by atoms with E-state index in [9.17, 15) is 24.0 Å². The minimum atomic E-state index is -0.796. The van der Waals surface area contributed by atoms with E-state index in [0.29, 0.717) is 11.1 Å². The molecule has 0 fully saturated rings. The molecule has 8 heteroatoms. The number of rotatable bonds is 9. The van der Waals surface area contributed by atoms with E-state index in [0.717, 1.165) is 16.0 Å². The molecule has 5 rings (SSSR count). The van der Waals surface area contributed by atoms with Crippen LogP contribution in [-0.4, -0.2) is 42.7 Å². The van der Waals surface area contributed by atoms with Gasteiger partial charge >= 0.3 is 11.9 Å². The summed E-state index contributed by atoms with van der Waals surface area (Å²) in [5.41, 5.74) is 3.14. The Morgan fingerprint density at radius 1 is 0.643 bits per heavy atom. The van der Waals surface area contributed by atoms with Gasteiger partial charge in [-0.15, -0.1) is 0 Å². The molecule has 2 amide bonds. The van der Waals surface area contributed by atoms with E-state index in [4.69, 9.17) is 9.47 Å². The lowest BCUT2D eigenvalue weighted by molar-refractivity contribution is 0.0457. The smallest absolute Gasteiger partial charge is 0.338 e. The summed E-state index contributed by atoms with van der Waals surface area (Å²) in [7, 11) is 0. The summed E-state index contributed by atoms with van der Waals surface area (Å²) in [6.07, 6.45) is 0. The lowest BCUT2D eigenvalue weighted by Gasteiger charge is -2.14. The first-order chi connectivity index (χ1) is 20.2. The highest BCUT2D eigenvalue weighted by Gasteiger charge is 2.37. The van der Waals surface area contributed by atoms with E-state index in [1.807, 2.05) is 56.3 Å². The van der Waals surface area contributed by atoms with Crippen molar-refractivity contribution < 1.29 is 33.4 Å². The van der Waals surface area contributed by atoms with Gasteiger partial charge in [-0.2, -0.15) is 0 Å². The average Bonchev–Trinajstić information content (AvgIpc) is 3.27. The number of imide groups is 1. The molecule has 0 N–H and O–H groups in total. The maximum atomic E-state index is 13.2. The zero-order valence-electron chi connectivity index (χ0n) is 23.0. The summed E-state index contributed by atoms with van der Waals surface area (Å²) < 4.78 is 10.4. The van der Waals surface area contributed by atoms with Gasteiger partial charge in [-0.3, -0.25) is 14.4 Å². The van der Waals surface area contributed by atoms with E-state index in [-0.39, 0.29) is 40.7 Å². The zero-order valence-corrected chi connectivity index (χ0v) is 23.0. The maximum absolute atomic E-state index is 13.2. The van der Waals surface area contributed by atoms with Crippen LogP contribution in [0.4, 0.5) is 5.69 Å². The van der Waals surface area contributed by atoms with Gasteiger partial charge in [0.15, 0.2) is 12.4 Å². The molecule has 0 aromatic heterocycles. The molecule has 1 aliphatic heterocycles. The van der Waals surface area contributed by atoms with E-state index in [2.05, 4.69) is 0 Å². The van der Waals surface area contributed by atoms with Crippen LogP contribution in [0.25, 0.3) is 11.1 Å². The number of amides is 2. The third-order valence-corrected chi connectivity index (χ3v) is 6.68. The molecule has 0 unspecified atom stereocenters. The monoisotopic (exact) mass is 561 g/mol. The molecule has 0 radical (unpaired) electrons. The average molecular weight is 562 g/mol. The van der Waals surface area contributed by atoms with Gasteiger partial charge in [0.25, 0.3) is 11.8 Å². The first-order valence-electron chi connectivity index (χ1n) is 13.4. The molecule has 1 aliphatic rings. The molecule has 210 valence electrons. The minimum Gasteiger partial charge on any atom is -0.462 e. The standard InChI is InChI=1S/C34H27NO7/c1-21(2)19-41-33(39)25-12-15-27(16-13-25)35-31(37)28-17-14-26(18-29(28)32(35)38)34(40)42-20-30(36)24-10-8-23(9-11-24)22-6-4-3-5-7-22/h3-18,21H,19-20H2,1-2H3. The first-order valence-corrected chi connectivity index (χ1v) is 13.4. The summed E-state index contributed by atoms with van der Waals surface area (Å²) in [4.78, 5) is 64.7. The van der Waals surface area contributed by atoms with Crippen molar-refractivity contribution >= 4 is 35.2 Å². The van der Waals surface area contributed by atoms with Crippen LogP contribution in [-0.2, 0) is 9.47 Å². The molecule has 1 heterocycles. The number of hydrogen-bond acceptors (Lipinski definition) is 7. The van der Waals surface area contributed by atoms with Gasteiger partial charge in [0.2, 0.25) is 0 Å². The van der Waals surface area contributed by atoms with Crippen molar-refractivity contribution in [3.63, 3.8) is 0 Å². The molecule has 0 bridgehead atoms. The number of nitrogens with zero attached hydrogens (tertiary/aromatic N) is 1. The topological polar surface area (TPSA) is 107 Å². The molecule has 8 nitrogen and oxygen atoms in total. The summed E-state index contributed by atoms with van der Waals surface area (Å²) in [5.74, 6) is -2.66. The third kappa shape index (κ3) is 5.88. The molecule has 0 saturated carbocycles. The Labute approximate surface area is 242 Å². The van der Waals surface area contributed by atoms with Crippen LogP contribution >= 0.6 is 0 Å². The minimum absolute atomic E-state index is 0.0345. The van der Waals surface area contributed by atoms with Gasteiger partial charge < -0.3 is 9.47 Å². The molecule has 4 aromatic carbocycles. The number of ether oxygens (including phenoxy) is 2. The SMILES string of the molecule is CC(C)COC(=O)c1ccc(N2C(=O)c3ccc(C(=O)OCC(=O)c4ccc(-c5ccccc5)cc4)cc3C2=O)cc1. The van der Waals surface area contributed by atoms with E-state index in [1.165, 1.54) is 42.5 Å². The number of ketones is 1. The van der Waals surface area contributed by atoms with Gasteiger partial charge in [0.1, 0.15) is 0 Å². The van der Waals surface area contributed by atoms with Gasteiger partial charge in [0, 0.05) is 5.56 Å². The van der Waals surface area contributed by atoms with Crippen LogP contribution in [0.1, 0.15) is 65.6 Å². The summed E-state index contributed by atoms with van der Waals surface area (Å²) in [5, 5.41) is 0. The Kier molecular flexibility index (Phi) is 8.06. The highest BCUT2D eigenvalue weighted by atomic mass is 16.5. The molecular weight excluding hydrogens is 534 g/mol. The van der Waals surface area contributed by atoms with Gasteiger partial charge in [-0.25, -0.2) is 14.5 Å². The molecule has 0 spiro atoms. The van der Waals surface area contributed by atoms with Crippen molar-refractivity contribution in [3.05, 3.63) is 125 Å². The van der Waals surface area contributed by atoms with E-state index >= 15 is 0 Å². The highest BCUT2D eigenvalue weighted by molar-refractivity contribution is 6.34. The van der Waals surface area contributed by atoms with Crippen LogP contribution in [0, 0.1) is 5.92 Å². The highest BCUT2D eigenvalue weighted by Crippen LogP contribution is 2.30. The molecular formula is C34H27NO7. The molecule has 0 saturated heterocycles. The zero-order chi connectivity index (χ0) is 29.8. The Balaban J connectivity index is 1.23. The number of esters is 2.